The normalized spacial score (nSPS) is 12.6. The number of hydrogen-bond acceptors (Lipinski definition) is 1. The molecule has 0 bridgehead atoms. The zero-order chi connectivity index (χ0) is 13.9. The van der Waals surface area contributed by atoms with E-state index in [0.29, 0.717) is 6.04 Å². The van der Waals surface area contributed by atoms with E-state index in [4.69, 9.17) is 0 Å². The van der Waals surface area contributed by atoms with E-state index < -0.39 is 0 Å². The van der Waals surface area contributed by atoms with Crippen molar-refractivity contribution in [3.05, 3.63) is 33.4 Å². The van der Waals surface area contributed by atoms with Crippen molar-refractivity contribution in [2.45, 2.75) is 64.8 Å². The first-order valence-corrected chi connectivity index (χ1v) is 8.85. The number of halogens is 1. The Hall–Kier alpha value is -0.0900. The topological polar surface area (TPSA) is 12.0 Å². The lowest BCUT2D eigenvalue weighted by atomic mass is 9.99. The van der Waals surface area contributed by atoms with E-state index in [1.165, 1.54) is 54.1 Å². The summed E-state index contributed by atoms with van der Waals surface area (Å²) >= 11 is 2.45. The van der Waals surface area contributed by atoms with Crippen LogP contribution in [0, 0.1) is 3.57 Å². The summed E-state index contributed by atoms with van der Waals surface area (Å²) in [5, 5.41) is 3.64. The maximum Gasteiger partial charge on any atom is 0.0330 e. The van der Waals surface area contributed by atoms with Crippen LogP contribution in [0.3, 0.4) is 0 Å². The SMILES string of the molecule is CCCCCCCCC(NCC)c1ccccc1I. The third-order valence-corrected chi connectivity index (χ3v) is 4.56. The first-order chi connectivity index (χ1) is 9.29. The van der Waals surface area contributed by atoms with Crippen molar-refractivity contribution >= 4 is 22.6 Å². The molecular formula is C17H28IN. The van der Waals surface area contributed by atoms with Crippen LogP contribution >= 0.6 is 22.6 Å². The molecule has 0 aliphatic rings. The molecule has 0 heterocycles. The van der Waals surface area contributed by atoms with Gasteiger partial charge in [0.15, 0.2) is 0 Å². The fraction of sp³-hybridized carbons (Fsp3) is 0.647. The van der Waals surface area contributed by atoms with E-state index >= 15 is 0 Å². The van der Waals surface area contributed by atoms with Gasteiger partial charge in [0.05, 0.1) is 0 Å². The van der Waals surface area contributed by atoms with Crippen molar-refractivity contribution in [1.82, 2.24) is 5.32 Å². The maximum atomic E-state index is 3.64. The second kappa shape index (κ2) is 10.7. The van der Waals surface area contributed by atoms with Gasteiger partial charge in [0.25, 0.3) is 0 Å². The molecule has 0 saturated heterocycles. The van der Waals surface area contributed by atoms with Crippen LogP contribution in [0.2, 0.25) is 0 Å². The summed E-state index contributed by atoms with van der Waals surface area (Å²) in [5.74, 6) is 0. The molecular weight excluding hydrogens is 345 g/mol. The van der Waals surface area contributed by atoms with Gasteiger partial charge in [-0.25, -0.2) is 0 Å². The Morgan fingerprint density at radius 1 is 1.00 bits per heavy atom. The molecule has 1 aromatic rings. The van der Waals surface area contributed by atoms with Gasteiger partial charge < -0.3 is 5.32 Å². The number of nitrogens with one attached hydrogen (secondary N) is 1. The van der Waals surface area contributed by atoms with Crippen molar-refractivity contribution in [2.24, 2.45) is 0 Å². The molecule has 0 radical (unpaired) electrons. The Bertz CT molecular complexity index is 338. The van der Waals surface area contributed by atoms with E-state index in [1.54, 1.807) is 0 Å². The summed E-state index contributed by atoms with van der Waals surface area (Å²) in [6.07, 6.45) is 9.52. The molecule has 0 saturated carbocycles. The Morgan fingerprint density at radius 2 is 1.68 bits per heavy atom. The molecule has 2 heteroatoms. The maximum absolute atomic E-state index is 3.64. The highest BCUT2D eigenvalue weighted by Gasteiger charge is 2.12. The molecule has 1 unspecified atom stereocenters. The van der Waals surface area contributed by atoms with Crippen LogP contribution in [-0.4, -0.2) is 6.54 Å². The zero-order valence-corrected chi connectivity index (χ0v) is 14.6. The average Bonchev–Trinajstić information content (AvgIpc) is 2.42. The molecule has 1 nitrogen and oxygen atoms in total. The lowest BCUT2D eigenvalue weighted by Crippen LogP contribution is -2.21. The van der Waals surface area contributed by atoms with Gasteiger partial charge in [0.1, 0.15) is 0 Å². The van der Waals surface area contributed by atoms with Gasteiger partial charge >= 0.3 is 0 Å². The van der Waals surface area contributed by atoms with Crippen molar-refractivity contribution < 1.29 is 0 Å². The van der Waals surface area contributed by atoms with E-state index in [9.17, 15) is 0 Å². The van der Waals surface area contributed by atoms with Crippen LogP contribution in [0.25, 0.3) is 0 Å². The highest BCUT2D eigenvalue weighted by molar-refractivity contribution is 14.1. The number of hydrogen-bond donors (Lipinski definition) is 1. The molecule has 0 aromatic heterocycles. The fourth-order valence-corrected chi connectivity index (χ4v) is 3.26. The molecule has 1 aromatic carbocycles. The molecule has 1 rings (SSSR count). The van der Waals surface area contributed by atoms with E-state index in [1.807, 2.05) is 0 Å². The van der Waals surface area contributed by atoms with Gasteiger partial charge in [0, 0.05) is 9.61 Å². The second-order valence-corrected chi connectivity index (χ2v) is 6.35. The third kappa shape index (κ3) is 6.75. The molecule has 19 heavy (non-hydrogen) atoms. The summed E-state index contributed by atoms with van der Waals surface area (Å²) in [4.78, 5) is 0. The fourth-order valence-electron chi connectivity index (χ4n) is 2.50. The Labute approximate surface area is 132 Å². The summed E-state index contributed by atoms with van der Waals surface area (Å²) < 4.78 is 1.39. The van der Waals surface area contributed by atoms with Gasteiger partial charge in [-0.2, -0.15) is 0 Å². The van der Waals surface area contributed by atoms with Crippen molar-refractivity contribution in [1.29, 1.82) is 0 Å². The van der Waals surface area contributed by atoms with Gasteiger partial charge in [-0.15, -0.1) is 0 Å². The van der Waals surface area contributed by atoms with E-state index in [0.717, 1.165) is 6.54 Å². The lowest BCUT2D eigenvalue weighted by molar-refractivity contribution is 0.475. The van der Waals surface area contributed by atoms with Gasteiger partial charge in [-0.1, -0.05) is 70.6 Å². The molecule has 0 fully saturated rings. The largest absolute Gasteiger partial charge is 0.310 e. The summed E-state index contributed by atoms with van der Waals surface area (Å²) in [6, 6.07) is 9.29. The minimum Gasteiger partial charge on any atom is -0.310 e. The monoisotopic (exact) mass is 373 g/mol. The van der Waals surface area contributed by atoms with Gasteiger partial charge in [-0.05, 0) is 47.2 Å². The van der Waals surface area contributed by atoms with Crippen LogP contribution in [0.1, 0.15) is 70.4 Å². The zero-order valence-electron chi connectivity index (χ0n) is 12.4. The van der Waals surface area contributed by atoms with Crippen LogP contribution in [0.4, 0.5) is 0 Å². The van der Waals surface area contributed by atoms with E-state index in [-0.39, 0.29) is 0 Å². The number of rotatable bonds is 10. The van der Waals surface area contributed by atoms with Crippen LogP contribution in [0.15, 0.2) is 24.3 Å². The quantitative estimate of drug-likeness (QED) is 0.410. The number of unbranched alkanes of at least 4 members (excludes halogenated alkanes) is 5. The smallest absolute Gasteiger partial charge is 0.0330 e. The summed E-state index contributed by atoms with van der Waals surface area (Å²) in [6.45, 7) is 5.52. The molecule has 0 aliphatic heterocycles. The second-order valence-electron chi connectivity index (χ2n) is 5.19. The molecule has 108 valence electrons. The third-order valence-electron chi connectivity index (χ3n) is 3.58. The minimum absolute atomic E-state index is 0.532. The Balaban J connectivity index is 2.39. The minimum atomic E-state index is 0.532. The van der Waals surface area contributed by atoms with Crippen molar-refractivity contribution in [3.63, 3.8) is 0 Å². The summed E-state index contributed by atoms with van der Waals surface area (Å²) in [5.41, 5.74) is 1.47. The highest BCUT2D eigenvalue weighted by Crippen LogP contribution is 2.24. The first kappa shape index (κ1) is 17.0. The van der Waals surface area contributed by atoms with Crippen molar-refractivity contribution in [3.8, 4) is 0 Å². The molecule has 1 atom stereocenters. The predicted molar refractivity (Wildman–Crippen MR) is 93.6 cm³/mol. The van der Waals surface area contributed by atoms with Crippen molar-refractivity contribution in [2.75, 3.05) is 6.54 Å². The predicted octanol–water partition coefficient (Wildman–Crippen LogP) is 5.69. The molecule has 0 aliphatic carbocycles. The average molecular weight is 373 g/mol. The highest BCUT2D eigenvalue weighted by atomic mass is 127. The lowest BCUT2D eigenvalue weighted by Gasteiger charge is -2.19. The summed E-state index contributed by atoms with van der Waals surface area (Å²) in [7, 11) is 0. The van der Waals surface area contributed by atoms with Crippen LogP contribution in [0.5, 0.6) is 0 Å². The van der Waals surface area contributed by atoms with E-state index in [2.05, 4.69) is 66.0 Å². The standard InChI is InChI=1S/C17H28IN/c1-3-5-6-7-8-9-14-17(19-4-2)15-12-10-11-13-16(15)18/h10-13,17,19H,3-9,14H2,1-2H3. The molecule has 0 amide bonds. The van der Waals surface area contributed by atoms with Crippen LogP contribution < -0.4 is 5.32 Å². The number of benzene rings is 1. The van der Waals surface area contributed by atoms with Gasteiger partial charge in [0.2, 0.25) is 0 Å². The van der Waals surface area contributed by atoms with Gasteiger partial charge in [-0.3, -0.25) is 0 Å². The van der Waals surface area contributed by atoms with Crippen LogP contribution in [-0.2, 0) is 0 Å². The first-order valence-electron chi connectivity index (χ1n) is 7.77. The Kier molecular flexibility index (Phi) is 9.52. The Morgan fingerprint density at radius 3 is 2.37 bits per heavy atom. The molecule has 0 spiro atoms. The molecule has 1 N–H and O–H groups in total.